The summed E-state index contributed by atoms with van der Waals surface area (Å²) >= 11 is 6.22. The maximum Gasteiger partial charge on any atom is 0.164 e. The molecule has 21 heavy (non-hydrogen) atoms. The average molecular weight is 303 g/mol. The van der Waals surface area contributed by atoms with E-state index >= 15 is 0 Å². The van der Waals surface area contributed by atoms with Gasteiger partial charge in [0.25, 0.3) is 0 Å². The first-order valence-corrected chi connectivity index (χ1v) is 7.92. The van der Waals surface area contributed by atoms with Crippen LogP contribution in [-0.2, 0) is 0 Å². The lowest BCUT2D eigenvalue weighted by Crippen LogP contribution is -2.02. The second-order valence-corrected chi connectivity index (χ2v) is 5.74. The van der Waals surface area contributed by atoms with Crippen LogP contribution >= 0.6 is 11.6 Å². The van der Waals surface area contributed by atoms with Gasteiger partial charge in [-0.3, -0.25) is 0 Å². The lowest BCUT2D eigenvalue weighted by Gasteiger charge is -2.13. The van der Waals surface area contributed by atoms with Crippen molar-refractivity contribution in [2.45, 2.75) is 38.5 Å². The third kappa shape index (κ3) is 3.18. The van der Waals surface area contributed by atoms with Gasteiger partial charge in [-0.15, -0.1) is 0 Å². The quantitative estimate of drug-likeness (QED) is 0.757. The molecule has 1 saturated carbocycles. The monoisotopic (exact) mass is 302 g/mol. The van der Waals surface area contributed by atoms with Crippen LogP contribution in [0.15, 0.2) is 30.3 Å². The van der Waals surface area contributed by atoms with Crippen LogP contribution in [0.5, 0.6) is 5.75 Å². The molecule has 0 atom stereocenters. The number of benzene rings is 1. The van der Waals surface area contributed by atoms with Crippen molar-refractivity contribution in [3.8, 4) is 17.1 Å². The maximum absolute atomic E-state index is 6.22. The Hall–Kier alpha value is -1.61. The van der Waals surface area contributed by atoms with Crippen LogP contribution in [0.2, 0.25) is 5.15 Å². The highest BCUT2D eigenvalue weighted by Gasteiger charge is 2.20. The van der Waals surface area contributed by atoms with Gasteiger partial charge in [0.15, 0.2) is 5.82 Å². The molecule has 110 valence electrons. The summed E-state index contributed by atoms with van der Waals surface area (Å²) in [4.78, 5) is 9.15. The van der Waals surface area contributed by atoms with E-state index in [1.54, 1.807) is 0 Å². The first-order chi connectivity index (χ1) is 10.3. The summed E-state index contributed by atoms with van der Waals surface area (Å²) in [6, 6.07) is 9.76. The van der Waals surface area contributed by atoms with Gasteiger partial charge < -0.3 is 4.74 Å². The van der Waals surface area contributed by atoms with E-state index < -0.39 is 0 Å². The first kappa shape index (κ1) is 14.3. The molecule has 0 bridgehead atoms. The molecule has 0 radical (unpaired) electrons. The third-order valence-corrected chi connectivity index (χ3v) is 4.11. The molecular formula is C17H19ClN2O. The molecule has 0 aliphatic heterocycles. The summed E-state index contributed by atoms with van der Waals surface area (Å²) in [6.07, 6.45) is 4.94. The molecule has 0 unspecified atom stereocenters. The van der Waals surface area contributed by atoms with Gasteiger partial charge in [0.05, 0.1) is 12.2 Å². The average Bonchev–Trinajstić information content (AvgIpc) is 3.02. The summed E-state index contributed by atoms with van der Waals surface area (Å²) in [5.74, 6) is 1.98. The zero-order valence-electron chi connectivity index (χ0n) is 12.2. The molecule has 2 aromatic rings. The predicted molar refractivity (Wildman–Crippen MR) is 84.9 cm³/mol. The minimum Gasteiger partial charge on any atom is -0.493 e. The Morgan fingerprint density at radius 1 is 1.19 bits per heavy atom. The lowest BCUT2D eigenvalue weighted by atomic mass is 10.0. The Bertz CT molecular complexity index is 624. The molecule has 1 aromatic carbocycles. The van der Waals surface area contributed by atoms with Crippen LogP contribution in [0, 0.1) is 0 Å². The molecule has 4 heteroatoms. The molecule has 0 amide bonds. The van der Waals surface area contributed by atoms with Gasteiger partial charge >= 0.3 is 0 Å². The molecule has 0 N–H and O–H groups in total. The van der Waals surface area contributed by atoms with Crippen LogP contribution in [-0.4, -0.2) is 16.6 Å². The molecule has 1 aliphatic carbocycles. The molecule has 3 rings (SSSR count). The van der Waals surface area contributed by atoms with Crippen LogP contribution in [0.3, 0.4) is 0 Å². The number of rotatable bonds is 4. The van der Waals surface area contributed by atoms with Crippen LogP contribution in [0.1, 0.15) is 44.2 Å². The molecule has 1 fully saturated rings. The fraction of sp³-hybridized carbons (Fsp3) is 0.412. The Labute approximate surface area is 130 Å². The van der Waals surface area contributed by atoms with Crippen molar-refractivity contribution in [1.29, 1.82) is 0 Å². The number of nitrogens with zero attached hydrogens (tertiary/aromatic N) is 2. The van der Waals surface area contributed by atoms with Crippen molar-refractivity contribution in [3.63, 3.8) is 0 Å². The summed E-state index contributed by atoms with van der Waals surface area (Å²) in [5.41, 5.74) is 1.97. The van der Waals surface area contributed by atoms with Gasteiger partial charge in [0, 0.05) is 11.6 Å². The minimum atomic E-state index is 0.508. The fourth-order valence-corrected chi connectivity index (χ4v) is 3.11. The molecule has 0 saturated heterocycles. The number of hydrogen-bond acceptors (Lipinski definition) is 3. The van der Waals surface area contributed by atoms with Gasteiger partial charge in [-0.05, 0) is 38.0 Å². The highest BCUT2D eigenvalue weighted by molar-refractivity contribution is 6.29. The van der Waals surface area contributed by atoms with Crippen LogP contribution in [0.4, 0.5) is 0 Å². The van der Waals surface area contributed by atoms with E-state index in [-0.39, 0.29) is 0 Å². The number of halogens is 1. The second kappa shape index (κ2) is 6.44. The molecule has 1 aromatic heterocycles. The summed E-state index contributed by atoms with van der Waals surface area (Å²) in [6.45, 7) is 2.59. The van der Waals surface area contributed by atoms with E-state index in [2.05, 4.69) is 4.98 Å². The van der Waals surface area contributed by atoms with Gasteiger partial charge in [-0.1, -0.05) is 36.6 Å². The van der Waals surface area contributed by atoms with Gasteiger partial charge in [-0.25, -0.2) is 9.97 Å². The molecular weight excluding hydrogens is 284 g/mol. The molecule has 1 heterocycles. The van der Waals surface area contributed by atoms with E-state index in [1.165, 1.54) is 25.7 Å². The number of hydrogen-bond donors (Lipinski definition) is 0. The zero-order chi connectivity index (χ0) is 14.7. The Morgan fingerprint density at radius 3 is 2.71 bits per heavy atom. The molecule has 3 nitrogen and oxygen atoms in total. The summed E-state index contributed by atoms with van der Waals surface area (Å²) in [7, 11) is 0. The van der Waals surface area contributed by atoms with Crippen molar-refractivity contribution >= 4 is 11.6 Å². The zero-order valence-corrected chi connectivity index (χ0v) is 12.9. The number of para-hydroxylation sites is 1. The standard InChI is InChI=1S/C17H19ClN2O/c1-2-21-15-10-6-5-9-13(15)17-19-14(11-16(18)20-17)12-7-3-4-8-12/h5-6,9-12H,2-4,7-8H2,1H3. The van der Waals surface area contributed by atoms with Gasteiger partial charge in [-0.2, -0.15) is 0 Å². The van der Waals surface area contributed by atoms with E-state index in [0.29, 0.717) is 23.5 Å². The van der Waals surface area contributed by atoms with Gasteiger partial charge in [0.1, 0.15) is 10.9 Å². The maximum atomic E-state index is 6.22. The van der Waals surface area contributed by atoms with E-state index in [9.17, 15) is 0 Å². The van der Waals surface area contributed by atoms with Crippen molar-refractivity contribution in [2.75, 3.05) is 6.61 Å². The number of aromatic nitrogens is 2. The lowest BCUT2D eigenvalue weighted by molar-refractivity contribution is 0.341. The van der Waals surface area contributed by atoms with Crippen LogP contribution < -0.4 is 4.74 Å². The smallest absolute Gasteiger partial charge is 0.164 e. The van der Waals surface area contributed by atoms with E-state index in [4.69, 9.17) is 21.3 Å². The van der Waals surface area contributed by atoms with Crippen LogP contribution in [0.25, 0.3) is 11.4 Å². The topological polar surface area (TPSA) is 35.0 Å². The highest BCUT2D eigenvalue weighted by atomic mass is 35.5. The molecule has 0 spiro atoms. The normalized spacial score (nSPS) is 15.3. The highest BCUT2D eigenvalue weighted by Crippen LogP contribution is 2.35. The summed E-state index contributed by atoms with van der Waals surface area (Å²) in [5, 5.41) is 0.508. The molecule has 1 aliphatic rings. The number of ether oxygens (including phenoxy) is 1. The van der Waals surface area contributed by atoms with Crippen molar-refractivity contribution in [2.24, 2.45) is 0 Å². The Balaban J connectivity index is 2.02. The van der Waals surface area contributed by atoms with Crippen molar-refractivity contribution in [1.82, 2.24) is 9.97 Å². The Morgan fingerprint density at radius 2 is 1.95 bits per heavy atom. The first-order valence-electron chi connectivity index (χ1n) is 7.54. The summed E-state index contributed by atoms with van der Waals surface area (Å²) < 4.78 is 5.67. The van der Waals surface area contributed by atoms with E-state index in [1.807, 2.05) is 37.3 Å². The largest absolute Gasteiger partial charge is 0.493 e. The SMILES string of the molecule is CCOc1ccccc1-c1nc(Cl)cc(C2CCCC2)n1. The minimum absolute atomic E-state index is 0.508. The second-order valence-electron chi connectivity index (χ2n) is 5.35. The van der Waals surface area contributed by atoms with Gasteiger partial charge in [0.2, 0.25) is 0 Å². The Kier molecular flexibility index (Phi) is 4.39. The fourth-order valence-electron chi connectivity index (χ4n) is 2.92. The van der Waals surface area contributed by atoms with E-state index in [0.717, 1.165) is 17.0 Å². The van der Waals surface area contributed by atoms with Crippen molar-refractivity contribution < 1.29 is 4.74 Å². The third-order valence-electron chi connectivity index (χ3n) is 3.92. The van der Waals surface area contributed by atoms with Crippen molar-refractivity contribution in [3.05, 3.63) is 41.2 Å². The predicted octanol–water partition coefficient (Wildman–Crippen LogP) is 4.85.